The number of fused-ring (bicyclic) bond motifs is 2. The van der Waals surface area contributed by atoms with Gasteiger partial charge in [0.1, 0.15) is 11.6 Å². The molecule has 1 aliphatic heterocycles. The second-order valence-corrected chi connectivity index (χ2v) is 7.95. The number of aromatic nitrogens is 2. The van der Waals surface area contributed by atoms with Gasteiger partial charge in [0, 0.05) is 23.6 Å². The number of rotatable bonds is 4. The highest BCUT2D eigenvalue weighted by Crippen LogP contribution is 2.49. The molecule has 3 aromatic rings. The molecule has 6 heteroatoms. The number of para-hydroxylation sites is 1. The van der Waals surface area contributed by atoms with Crippen molar-refractivity contribution in [1.82, 2.24) is 9.78 Å². The molecule has 5 rings (SSSR count). The minimum absolute atomic E-state index is 0.146. The molecule has 2 aromatic carbocycles. The first-order chi connectivity index (χ1) is 15.1. The number of carbonyl (C=O) groups is 1. The normalized spacial score (nSPS) is 19.7. The Bertz CT molecular complexity index is 1180. The third-order valence-electron chi connectivity index (χ3n) is 6.22. The van der Waals surface area contributed by atoms with E-state index in [9.17, 15) is 4.79 Å². The van der Waals surface area contributed by atoms with Crippen molar-refractivity contribution in [2.24, 2.45) is 5.92 Å². The van der Waals surface area contributed by atoms with Gasteiger partial charge in [-0.15, -0.1) is 0 Å². The average molecular weight is 415 g/mol. The molecule has 0 unspecified atom stereocenters. The lowest BCUT2D eigenvalue weighted by molar-refractivity contribution is -0.122. The third kappa shape index (κ3) is 3.10. The van der Waals surface area contributed by atoms with Crippen LogP contribution in [0.2, 0.25) is 0 Å². The van der Waals surface area contributed by atoms with Crippen molar-refractivity contribution in [3.05, 3.63) is 77.1 Å². The van der Waals surface area contributed by atoms with Gasteiger partial charge in [-0.1, -0.05) is 30.3 Å². The Labute approximate surface area is 181 Å². The molecule has 0 saturated heterocycles. The van der Waals surface area contributed by atoms with Crippen LogP contribution in [-0.4, -0.2) is 29.8 Å². The van der Waals surface area contributed by atoms with Crippen molar-refractivity contribution in [2.45, 2.75) is 25.7 Å². The van der Waals surface area contributed by atoms with Gasteiger partial charge in [0.2, 0.25) is 0 Å². The molecule has 0 amide bonds. The van der Waals surface area contributed by atoms with Crippen molar-refractivity contribution in [1.29, 1.82) is 0 Å². The fourth-order valence-electron chi connectivity index (χ4n) is 4.82. The SMILES string of the molecule is COc1ccc([C@H]2c3c(C)nn(-c4ccccc4)c3NC3=CCCC(=O)[C@@H]32)cc1OC. The lowest BCUT2D eigenvalue weighted by Gasteiger charge is -2.37. The Kier molecular flexibility index (Phi) is 4.77. The van der Waals surface area contributed by atoms with Gasteiger partial charge in [-0.25, -0.2) is 4.68 Å². The van der Waals surface area contributed by atoms with E-state index in [0.29, 0.717) is 17.9 Å². The van der Waals surface area contributed by atoms with Crippen molar-refractivity contribution in [3.8, 4) is 17.2 Å². The molecule has 31 heavy (non-hydrogen) atoms. The number of nitrogens with one attached hydrogen (secondary N) is 1. The smallest absolute Gasteiger partial charge is 0.161 e. The van der Waals surface area contributed by atoms with Gasteiger partial charge < -0.3 is 14.8 Å². The molecule has 6 nitrogen and oxygen atoms in total. The van der Waals surface area contributed by atoms with Crippen molar-refractivity contribution in [2.75, 3.05) is 19.5 Å². The number of hydrogen-bond donors (Lipinski definition) is 1. The number of allylic oxidation sites excluding steroid dienone is 2. The standard InChI is InChI=1S/C25H25N3O3/c1-15-22-23(16-12-13-20(30-2)21(14-16)31-3)24-18(10-7-11-19(24)29)26-25(22)28(27-15)17-8-5-4-6-9-17/h4-6,8-10,12-14,23-24,26H,7,11H2,1-3H3/t23-,24+/m0/s1. The maximum absolute atomic E-state index is 13.1. The number of nitrogens with zero attached hydrogens (tertiary/aromatic N) is 2. The summed E-state index contributed by atoms with van der Waals surface area (Å²) in [6, 6.07) is 16.0. The molecule has 2 atom stereocenters. The van der Waals surface area contributed by atoms with Crippen LogP contribution in [0.15, 0.2) is 60.3 Å². The molecule has 0 saturated carbocycles. The number of hydrogen-bond acceptors (Lipinski definition) is 5. The minimum Gasteiger partial charge on any atom is -0.493 e. The van der Waals surface area contributed by atoms with E-state index in [1.54, 1.807) is 14.2 Å². The monoisotopic (exact) mass is 415 g/mol. The number of aryl methyl sites for hydroxylation is 1. The molecule has 1 aliphatic carbocycles. The van der Waals surface area contributed by atoms with Gasteiger partial charge in [-0.2, -0.15) is 5.10 Å². The quantitative estimate of drug-likeness (QED) is 0.674. The number of Topliss-reactive ketones (excluding diaryl/α,β-unsaturated/α-hetero) is 1. The first kappa shape index (κ1) is 19.4. The topological polar surface area (TPSA) is 65.4 Å². The molecule has 1 N–H and O–H groups in total. The number of carbonyl (C=O) groups excluding carboxylic acids is 1. The number of anilines is 1. The maximum atomic E-state index is 13.1. The fraction of sp³-hybridized carbons (Fsp3) is 0.280. The van der Waals surface area contributed by atoms with E-state index in [1.165, 1.54) is 0 Å². The third-order valence-corrected chi connectivity index (χ3v) is 6.22. The second kappa shape index (κ2) is 7.61. The molecular formula is C25H25N3O3. The highest BCUT2D eigenvalue weighted by Gasteiger charge is 2.43. The zero-order valence-corrected chi connectivity index (χ0v) is 17.9. The molecule has 0 radical (unpaired) electrons. The number of benzene rings is 2. The summed E-state index contributed by atoms with van der Waals surface area (Å²) in [6.45, 7) is 2.01. The van der Waals surface area contributed by atoms with Gasteiger partial charge in [0.25, 0.3) is 0 Å². The van der Waals surface area contributed by atoms with Crippen LogP contribution in [0.25, 0.3) is 5.69 Å². The summed E-state index contributed by atoms with van der Waals surface area (Å²) in [5, 5.41) is 8.41. The van der Waals surface area contributed by atoms with Crippen molar-refractivity contribution < 1.29 is 14.3 Å². The van der Waals surface area contributed by atoms with Crippen LogP contribution in [-0.2, 0) is 4.79 Å². The van der Waals surface area contributed by atoms with E-state index in [1.807, 2.05) is 60.1 Å². The second-order valence-electron chi connectivity index (χ2n) is 7.95. The van der Waals surface area contributed by atoms with Crippen molar-refractivity contribution >= 4 is 11.6 Å². The molecule has 2 aliphatic rings. The summed E-state index contributed by atoms with van der Waals surface area (Å²) in [7, 11) is 3.25. The van der Waals surface area contributed by atoms with Crippen LogP contribution < -0.4 is 14.8 Å². The van der Waals surface area contributed by atoms with Gasteiger partial charge in [0.05, 0.1) is 31.5 Å². The van der Waals surface area contributed by atoms with Crippen LogP contribution in [0.5, 0.6) is 11.5 Å². The van der Waals surface area contributed by atoms with E-state index in [4.69, 9.17) is 14.6 Å². The lowest BCUT2D eigenvalue weighted by atomic mass is 9.71. The predicted molar refractivity (Wildman–Crippen MR) is 119 cm³/mol. The molecule has 2 heterocycles. The molecule has 158 valence electrons. The van der Waals surface area contributed by atoms with Gasteiger partial charge in [-0.05, 0) is 43.2 Å². The van der Waals surface area contributed by atoms with Gasteiger partial charge >= 0.3 is 0 Å². The van der Waals surface area contributed by atoms with Crippen LogP contribution in [0.3, 0.4) is 0 Å². The number of ether oxygens (including phenoxy) is 2. The number of ketones is 1. The summed E-state index contributed by atoms with van der Waals surface area (Å²) in [4.78, 5) is 13.1. The Balaban J connectivity index is 1.74. The minimum atomic E-state index is -0.258. The van der Waals surface area contributed by atoms with E-state index in [-0.39, 0.29) is 17.6 Å². The molecule has 0 spiro atoms. The highest BCUT2D eigenvalue weighted by atomic mass is 16.5. The van der Waals surface area contributed by atoms with Crippen LogP contribution in [0.1, 0.15) is 35.6 Å². The first-order valence-corrected chi connectivity index (χ1v) is 10.5. The Hall–Kier alpha value is -3.54. The van der Waals surface area contributed by atoms with E-state index >= 15 is 0 Å². The zero-order valence-electron chi connectivity index (χ0n) is 17.9. The fourth-order valence-corrected chi connectivity index (χ4v) is 4.82. The molecule has 0 bridgehead atoms. The first-order valence-electron chi connectivity index (χ1n) is 10.5. The van der Waals surface area contributed by atoms with E-state index < -0.39 is 0 Å². The predicted octanol–water partition coefficient (Wildman–Crippen LogP) is 4.62. The summed E-state index contributed by atoms with van der Waals surface area (Å²) < 4.78 is 12.9. The highest BCUT2D eigenvalue weighted by molar-refractivity contribution is 5.89. The summed E-state index contributed by atoms with van der Waals surface area (Å²) in [6.07, 6.45) is 3.46. The number of methoxy groups -OCH3 is 2. The Morgan fingerprint density at radius 3 is 2.55 bits per heavy atom. The van der Waals surface area contributed by atoms with Gasteiger partial charge in [-0.3, -0.25) is 4.79 Å². The van der Waals surface area contributed by atoms with E-state index in [2.05, 4.69) is 11.4 Å². The van der Waals surface area contributed by atoms with Crippen molar-refractivity contribution in [3.63, 3.8) is 0 Å². The lowest BCUT2D eigenvalue weighted by Crippen LogP contribution is -2.35. The Morgan fingerprint density at radius 1 is 1.03 bits per heavy atom. The van der Waals surface area contributed by atoms with Gasteiger partial charge in [0.15, 0.2) is 11.5 Å². The molecular weight excluding hydrogens is 390 g/mol. The van der Waals surface area contributed by atoms with Crippen LogP contribution in [0.4, 0.5) is 5.82 Å². The summed E-state index contributed by atoms with van der Waals surface area (Å²) in [5.74, 6) is 2.09. The summed E-state index contributed by atoms with van der Waals surface area (Å²) >= 11 is 0. The zero-order chi connectivity index (χ0) is 21.5. The maximum Gasteiger partial charge on any atom is 0.161 e. The molecule has 0 fully saturated rings. The molecule has 1 aromatic heterocycles. The van der Waals surface area contributed by atoms with E-state index in [0.717, 1.165) is 40.4 Å². The van der Waals surface area contributed by atoms with Crippen LogP contribution >= 0.6 is 0 Å². The average Bonchev–Trinajstić information content (AvgIpc) is 3.14. The Morgan fingerprint density at radius 2 is 1.81 bits per heavy atom. The van der Waals surface area contributed by atoms with Crippen LogP contribution in [0, 0.1) is 12.8 Å². The largest absolute Gasteiger partial charge is 0.493 e. The summed E-state index contributed by atoms with van der Waals surface area (Å²) in [5.41, 5.74) is 4.91.